The monoisotopic (exact) mass is 457 g/mol. The smallest absolute Gasteiger partial charge is 0.309 e. The molecule has 1 saturated carbocycles. The van der Waals surface area contributed by atoms with Crippen LogP contribution in [0.5, 0.6) is 0 Å². The van der Waals surface area contributed by atoms with Gasteiger partial charge in [0.2, 0.25) is 5.91 Å². The van der Waals surface area contributed by atoms with Gasteiger partial charge in [-0.2, -0.15) is 5.10 Å². The van der Waals surface area contributed by atoms with Gasteiger partial charge in [-0.25, -0.2) is 14.8 Å². The number of nitrogens with one attached hydrogen (secondary N) is 3. The number of fused-ring (bicyclic) bond motifs is 1. The van der Waals surface area contributed by atoms with Crippen molar-refractivity contribution in [3.05, 3.63) is 41.1 Å². The highest BCUT2D eigenvalue weighted by Gasteiger charge is 2.51. The first-order chi connectivity index (χ1) is 15.0. The number of nitrogens with zero attached hydrogens (tertiary/aromatic N) is 2. The highest BCUT2D eigenvalue weighted by Crippen LogP contribution is 2.60. The number of hydrogen-bond acceptors (Lipinski definition) is 3. The van der Waals surface area contributed by atoms with Gasteiger partial charge < -0.3 is 15.5 Å². The molecule has 0 unspecified atom stereocenters. The van der Waals surface area contributed by atoms with Crippen LogP contribution in [0.2, 0.25) is 0 Å². The lowest BCUT2D eigenvalue weighted by Gasteiger charge is -2.53. The molecule has 1 aliphatic carbocycles. The molecule has 1 aromatic carbocycles. The zero-order chi connectivity index (χ0) is 23.3. The Bertz CT molecular complexity index is 1050. The molecule has 7 nitrogen and oxygen atoms in total. The van der Waals surface area contributed by atoms with E-state index in [-0.39, 0.29) is 16.7 Å². The molecule has 1 fully saturated rings. The number of aromatic nitrogens is 2. The number of benzene rings is 1. The minimum atomic E-state index is -1.06. The summed E-state index contributed by atoms with van der Waals surface area (Å²) in [6.07, 6.45) is 10.4. The fourth-order valence-corrected chi connectivity index (χ4v) is 7.04. The molecule has 174 valence electrons. The van der Waals surface area contributed by atoms with Crippen LogP contribution < -0.4 is 10.6 Å². The van der Waals surface area contributed by atoms with Gasteiger partial charge in [-0.05, 0) is 69.9 Å². The van der Waals surface area contributed by atoms with Crippen LogP contribution in [0, 0.1) is 0 Å². The average molecular weight is 458 g/mol. The lowest BCUT2D eigenvalue weighted by Crippen LogP contribution is -2.51. The van der Waals surface area contributed by atoms with E-state index in [0.29, 0.717) is 12.4 Å². The predicted octanol–water partition coefficient (Wildman–Crippen LogP) is 4.81. The van der Waals surface area contributed by atoms with E-state index in [0.717, 1.165) is 48.2 Å². The third-order valence-electron chi connectivity index (χ3n) is 7.33. The quantitative estimate of drug-likeness (QED) is 0.602. The Hall–Kier alpha value is -2.48. The Kier molecular flexibility index (Phi) is 5.56. The predicted molar refractivity (Wildman–Crippen MR) is 133 cm³/mol. The summed E-state index contributed by atoms with van der Waals surface area (Å²) in [7, 11) is -1.06. The summed E-state index contributed by atoms with van der Waals surface area (Å²) in [4.78, 5) is 28.4. The van der Waals surface area contributed by atoms with Crippen molar-refractivity contribution >= 4 is 33.5 Å². The van der Waals surface area contributed by atoms with Gasteiger partial charge in [-0.15, -0.1) is 0 Å². The van der Waals surface area contributed by atoms with Crippen LogP contribution in [0.4, 0.5) is 16.3 Å². The maximum atomic E-state index is 13.3. The second-order valence-electron chi connectivity index (χ2n) is 10.2. The molecule has 3 N–H and O–H groups in total. The Labute approximate surface area is 192 Å². The molecule has 2 aromatic rings. The van der Waals surface area contributed by atoms with Crippen molar-refractivity contribution in [2.24, 2.45) is 0 Å². The fourth-order valence-electron chi connectivity index (χ4n) is 4.92. The first-order valence-electron chi connectivity index (χ1n) is 11.2. The Balaban J connectivity index is 1.55. The minimum absolute atomic E-state index is 0.0677. The zero-order valence-corrected chi connectivity index (χ0v) is 20.8. The molecule has 0 spiro atoms. The van der Waals surface area contributed by atoms with E-state index >= 15 is 0 Å². The minimum Gasteiger partial charge on any atom is -0.309 e. The number of carbonyl (C=O) groups excluding carboxylic acids is 2. The lowest BCUT2D eigenvalue weighted by atomic mass is 9.83. The van der Waals surface area contributed by atoms with Crippen LogP contribution in [0.15, 0.2) is 24.3 Å². The third kappa shape index (κ3) is 3.49. The summed E-state index contributed by atoms with van der Waals surface area (Å²) >= 11 is 0. The van der Waals surface area contributed by atoms with Crippen molar-refractivity contribution in [3.8, 4) is 0 Å². The fraction of sp³-hybridized carbons (Fsp3) is 0.542. The van der Waals surface area contributed by atoms with Crippen molar-refractivity contribution in [2.45, 2.75) is 63.3 Å². The zero-order valence-electron chi connectivity index (χ0n) is 20.0. The number of anilines is 2. The average Bonchev–Trinajstić information content (AvgIpc) is 3.18. The van der Waals surface area contributed by atoms with Gasteiger partial charge in [0, 0.05) is 11.3 Å². The molecule has 32 heavy (non-hydrogen) atoms. The van der Waals surface area contributed by atoms with Crippen molar-refractivity contribution in [1.82, 2.24) is 15.1 Å². The first kappa shape index (κ1) is 22.7. The summed E-state index contributed by atoms with van der Waals surface area (Å²) in [6.45, 7) is 6.47. The molecular weight excluding hydrogens is 422 g/mol. The van der Waals surface area contributed by atoms with E-state index in [4.69, 9.17) is 0 Å². The number of para-hydroxylation sites is 1. The summed E-state index contributed by atoms with van der Waals surface area (Å²) in [6, 6.07) is 7.70. The van der Waals surface area contributed by atoms with Crippen LogP contribution >= 0.6 is 10.0 Å². The van der Waals surface area contributed by atoms with Gasteiger partial charge in [-0.1, -0.05) is 25.1 Å². The van der Waals surface area contributed by atoms with Gasteiger partial charge >= 0.3 is 6.03 Å². The maximum Gasteiger partial charge on any atom is 0.322 e. The molecule has 1 aliphatic heterocycles. The number of carbonyl (C=O) groups is 2. The second-order valence-corrected chi connectivity index (χ2v) is 14.6. The summed E-state index contributed by atoms with van der Waals surface area (Å²) in [5.74, 6) is 0.621. The van der Waals surface area contributed by atoms with Gasteiger partial charge in [0.15, 0.2) is 5.82 Å². The number of hydrogen-bond donors (Lipinski definition) is 3. The van der Waals surface area contributed by atoms with Crippen molar-refractivity contribution in [2.75, 3.05) is 29.4 Å². The molecule has 1 aromatic heterocycles. The van der Waals surface area contributed by atoms with E-state index in [9.17, 15) is 9.59 Å². The third-order valence-corrected chi connectivity index (χ3v) is 10.3. The van der Waals surface area contributed by atoms with Gasteiger partial charge in [-0.3, -0.25) is 9.89 Å². The molecule has 2 aliphatic rings. The molecular formula is C24H35N5O2S. The number of aromatic amines is 1. The van der Waals surface area contributed by atoms with E-state index in [1.54, 1.807) is 4.90 Å². The molecule has 3 amide bonds. The molecule has 8 heteroatoms. The van der Waals surface area contributed by atoms with Crippen molar-refractivity contribution < 1.29 is 9.59 Å². The second kappa shape index (κ2) is 7.83. The standard InChI is InChI=1S/C24H35N5O2S/c1-7-16-11-8-9-12-18(16)25-22(31)29-15-17-19(23(29,2)3)27-28-20(17)26-21(30)24(13-10-14-24)32(4,5)6/h8-9,11-12H,7,10,13-15H2,1-6H3,(H,25,31)(H2,26,27,28,30). The van der Waals surface area contributed by atoms with Crippen LogP contribution in [-0.4, -0.2) is 50.5 Å². The number of amides is 3. The molecule has 0 atom stereocenters. The van der Waals surface area contributed by atoms with Gasteiger partial charge in [0.1, 0.15) is 0 Å². The lowest BCUT2D eigenvalue weighted by molar-refractivity contribution is -0.120. The topological polar surface area (TPSA) is 90.1 Å². The van der Waals surface area contributed by atoms with Crippen LogP contribution in [0.25, 0.3) is 0 Å². The number of H-pyrrole nitrogens is 1. The van der Waals surface area contributed by atoms with Crippen LogP contribution in [0.3, 0.4) is 0 Å². The van der Waals surface area contributed by atoms with E-state index in [2.05, 4.69) is 46.5 Å². The van der Waals surface area contributed by atoms with Gasteiger partial charge in [0.25, 0.3) is 0 Å². The highest BCUT2D eigenvalue weighted by atomic mass is 32.3. The summed E-state index contributed by atoms with van der Waals surface area (Å²) < 4.78 is -0.284. The molecule has 0 bridgehead atoms. The maximum absolute atomic E-state index is 13.3. The molecule has 4 rings (SSSR count). The Morgan fingerprint density at radius 2 is 1.84 bits per heavy atom. The van der Waals surface area contributed by atoms with Crippen molar-refractivity contribution in [3.63, 3.8) is 0 Å². The molecule has 2 heterocycles. The highest BCUT2D eigenvalue weighted by molar-refractivity contribution is 8.33. The van der Waals surface area contributed by atoms with E-state index in [1.807, 2.05) is 38.1 Å². The van der Waals surface area contributed by atoms with Crippen LogP contribution in [-0.2, 0) is 23.3 Å². The largest absolute Gasteiger partial charge is 0.322 e. The van der Waals surface area contributed by atoms with E-state index < -0.39 is 15.6 Å². The molecule has 0 radical (unpaired) electrons. The van der Waals surface area contributed by atoms with Crippen molar-refractivity contribution in [1.29, 1.82) is 0 Å². The Morgan fingerprint density at radius 1 is 1.16 bits per heavy atom. The number of rotatable bonds is 5. The SMILES string of the molecule is CCc1ccccc1NC(=O)N1Cc2c(NC(=O)C3(S(C)(C)C)CCC3)n[nH]c2C1(C)C. The van der Waals surface area contributed by atoms with Gasteiger partial charge in [0.05, 0.1) is 22.5 Å². The van der Waals surface area contributed by atoms with E-state index in [1.165, 1.54) is 0 Å². The normalized spacial score (nSPS) is 19.1. The number of aryl methyl sites for hydroxylation is 1. The Morgan fingerprint density at radius 3 is 2.44 bits per heavy atom. The summed E-state index contributed by atoms with van der Waals surface area (Å²) in [5, 5.41) is 13.7. The molecule has 0 saturated heterocycles. The number of urea groups is 1. The summed E-state index contributed by atoms with van der Waals surface area (Å²) in [5.41, 5.74) is 3.12. The first-order valence-corrected chi connectivity index (χ1v) is 14.1. The van der Waals surface area contributed by atoms with Crippen LogP contribution in [0.1, 0.15) is 56.9 Å².